The van der Waals surface area contributed by atoms with E-state index in [1.165, 1.54) is 0 Å². The van der Waals surface area contributed by atoms with E-state index in [0.29, 0.717) is 10.8 Å². The number of furan rings is 1. The molecular weight excluding hydrogens is 238 g/mol. The highest BCUT2D eigenvalue weighted by molar-refractivity contribution is 6.32. The molecule has 0 spiro atoms. The van der Waals surface area contributed by atoms with Crippen LogP contribution in [0.25, 0.3) is 11.3 Å². The van der Waals surface area contributed by atoms with Crippen LogP contribution in [0.3, 0.4) is 0 Å². The first kappa shape index (κ1) is 12.0. The molecule has 0 radical (unpaired) electrons. The summed E-state index contributed by atoms with van der Waals surface area (Å²) < 4.78 is 10.8. The average Bonchev–Trinajstić information content (AvgIpc) is 2.79. The number of benzene rings is 1. The van der Waals surface area contributed by atoms with Gasteiger partial charge < -0.3 is 14.9 Å². The van der Waals surface area contributed by atoms with Crippen molar-refractivity contribution in [3.05, 3.63) is 41.1 Å². The van der Waals surface area contributed by atoms with Gasteiger partial charge in [0, 0.05) is 5.56 Å². The molecule has 0 saturated carbocycles. The Labute approximate surface area is 105 Å². The van der Waals surface area contributed by atoms with Crippen molar-refractivity contribution in [1.82, 2.24) is 0 Å². The van der Waals surface area contributed by atoms with Gasteiger partial charge in [-0.15, -0.1) is 0 Å². The van der Waals surface area contributed by atoms with Gasteiger partial charge in [-0.3, -0.25) is 0 Å². The maximum atomic E-state index is 5.96. The van der Waals surface area contributed by atoms with Crippen LogP contribution in [0.4, 0.5) is 0 Å². The molecule has 4 heteroatoms. The Morgan fingerprint density at radius 3 is 2.65 bits per heavy atom. The van der Waals surface area contributed by atoms with E-state index in [-0.39, 0.29) is 6.04 Å². The van der Waals surface area contributed by atoms with Crippen LogP contribution in [0.2, 0.25) is 5.02 Å². The monoisotopic (exact) mass is 251 g/mol. The molecule has 3 nitrogen and oxygen atoms in total. The number of halogens is 1. The van der Waals surface area contributed by atoms with Crippen LogP contribution >= 0.6 is 11.6 Å². The third-order valence-electron chi connectivity index (χ3n) is 2.51. The second kappa shape index (κ2) is 4.82. The van der Waals surface area contributed by atoms with Crippen molar-refractivity contribution in [2.24, 2.45) is 5.73 Å². The third-order valence-corrected chi connectivity index (χ3v) is 2.82. The fourth-order valence-corrected chi connectivity index (χ4v) is 1.76. The smallest absolute Gasteiger partial charge is 0.138 e. The van der Waals surface area contributed by atoms with Crippen LogP contribution in [-0.4, -0.2) is 7.11 Å². The van der Waals surface area contributed by atoms with E-state index < -0.39 is 0 Å². The molecule has 1 heterocycles. The van der Waals surface area contributed by atoms with E-state index in [0.717, 1.165) is 17.1 Å². The van der Waals surface area contributed by atoms with Gasteiger partial charge in [-0.2, -0.15) is 0 Å². The quantitative estimate of drug-likeness (QED) is 0.906. The fraction of sp³-hybridized carbons (Fsp3) is 0.231. The summed E-state index contributed by atoms with van der Waals surface area (Å²) in [5.41, 5.74) is 6.66. The van der Waals surface area contributed by atoms with Crippen LogP contribution in [0.1, 0.15) is 18.7 Å². The van der Waals surface area contributed by atoms with Gasteiger partial charge in [0.1, 0.15) is 17.3 Å². The number of hydrogen-bond donors (Lipinski definition) is 1. The summed E-state index contributed by atoms with van der Waals surface area (Å²) in [6, 6.07) is 9.16. The topological polar surface area (TPSA) is 48.4 Å². The van der Waals surface area contributed by atoms with Crippen molar-refractivity contribution >= 4 is 11.6 Å². The van der Waals surface area contributed by atoms with Gasteiger partial charge in [0.15, 0.2) is 0 Å². The van der Waals surface area contributed by atoms with E-state index in [1.54, 1.807) is 13.2 Å². The maximum absolute atomic E-state index is 5.96. The SMILES string of the molecule is COc1cc(-c2ccc(C(C)N)o2)ccc1Cl. The summed E-state index contributed by atoms with van der Waals surface area (Å²) in [6.07, 6.45) is 0. The van der Waals surface area contributed by atoms with E-state index in [2.05, 4.69) is 0 Å². The zero-order chi connectivity index (χ0) is 12.4. The van der Waals surface area contributed by atoms with Crippen molar-refractivity contribution in [3.63, 3.8) is 0 Å². The number of rotatable bonds is 3. The number of hydrogen-bond acceptors (Lipinski definition) is 3. The summed E-state index contributed by atoms with van der Waals surface area (Å²) in [6.45, 7) is 1.88. The molecule has 2 N–H and O–H groups in total. The molecule has 1 aromatic carbocycles. The van der Waals surface area contributed by atoms with Gasteiger partial charge in [0.2, 0.25) is 0 Å². The Hall–Kier alpha value is -1.45. The van der Waals surface area contributed by atoms with Crippen molar-refractivity contribution in [2.45, 2.75) is 13.0 Å². The molecule has 0 fully saturated rings. The third kappa shape index (κ3) is 2.46. The summed E-state index contributed by atoms with van der Waals surface area (Å²) in [5, 5.41) is 0.579. The second-order valence-electron chi connectivity index (χ2n) is 3.84. The van der Waals surface area contributed by atoms with Crippen LogP contribution in [0.5, 0.6) is 5.75 Å². The average molecular weight is 252 g/mol. The van der Waals surface area contributed by atoms with Gasteiger partial charge in [0.05, 0.1) is 18.2 Å². The van der Waals surface area contributed by atoms with Crippen molar-refractivity contribution in [3.8, 4) is 17.1 Å². The summed E-state index contributed by atoms with van der Waals surface area (Å²) in [5.74, 6) is 2.14. The Kier molecular flexibility index (Phi) is 3.41. The standard InChI is InChI=1S/C13H14ClNO2/c1-8(15)11-5-6-12(17-11)9-3-4-10(14)13(7-9)16-2/h3-8H,15H2,1-2H3. The first-order chi connectivity index (χ1) is 8.11. The molecule has 1 atom stereocenters. The van der Waals surface area contributed by atoms with Crippen molar-refractivity contribution < 1.29 is 9.15 Å². The maximum Gasteiger partial charge on any atom is 0.138 e. The van der Waals surface area contributed by atoms with Crippen molar-refractivity contribution in [1.29, 1.82) is 0 Å². The van der Waals surface area contributed by atoms with Crippen LogP contribution < -0.4 is 10.5 Å². The van der Waals surface area contributed by atoms with Gasteiger partial charge in [0.25, 0.3) is 0 Å². The Balaban J connectivity index is 2.38. The lowest BCUT2D eigenvalue weighted by Crippen LogP contribution is -2.02. The molecule has 17 heavy (non-hydrogen) atoms. The highest BCUT2D eigenvalue weighted by atomic mass is 35.5. The minimum Gasteiger partial charge on any atom is -0.495 e. The molecule has 1 unspecified atom stereocenters. The lowest BCUT2D eigenvalue weighted by molar-refractivity contribution is 0.415. The fourth-order valence-electron chi connectivity index (χ4n) is 1.57. The molecule has 90 valence electrons. The van der Waals surface area contributed by atoms with Crippen molar-refractivity contribution in [2.75, 3.05) is 7.11 Å². The Bertz CT molecular complexity index is 520. The van der Waals surface area contributed by atoms with Crippen LogP contribution in [0.15, 0.2) is 34.7 Å². The second-order valence-corrected chi connectivity index (χ2v) is 4.25. The van der Waals surface area contributed by atoms with Gasteiger partial charge in [-0.1, -0.05) is 11.6 Å². The minimum absolute atomic E-state index is 0.113. The lowest BCUT2D eigenvalue weighted by Gasteiger charge is -2.05. The zero-order valence-electron chi connectivity index (χ0n) is 9.74. The molecule has 0 bridgehead atoms. The molecule has 0 saturated heterocycles. The van der Waals surface area contributed by atoms with Crippen LogP contribution in [0, 0.1) is 0 Å². The predicted molar refractivity (Wildman–Crippen MR) is 68.3 cm³/mol. The highest BCUT2D eigenvalue weighted by Crippen LogP contribution is 2.31. The van der Waals surface area contributed by atoms with E-state index in [1.807, 2.05) is 31.2 Å². The first-order valence-corrected chi connectivity index (χ1v) is 5.69. The molecule has 2 rings (SSSR count). The Morgan fingerprint density at radius 1 is 1.29 bits per heavy atom. The normalized spacial score (nSPS) is 12.5. The Morgan fingerprint density at radius 2 is 2.06 bits per heavy atom. The largest absolute Gasteiger partial charge is 0.495 e. The minimum atomic E-state index is -0.113. The molecule has 0 amide bonds. The van der Waals surface area contributed by atoms with Gasteiger partial charge in [-0.25, -0.2) is 0 Å². The predicted octanol–water partition coefficient (Wildman–Crippen LogP) is 3.63. The summed E-state index contributed by atoms with van der Waals surface area (Å²) in [7, 11) is 1.58. The summed E-state index contributed by atoms with van der Waals surface area (Å²) in [4.78, 5) is 0. The molecule has 0 aliphatic carbocycles. The molecule has 1 aromatic heterocycles. The van der Waals surface area contributed by atoms with E-state index >= 15 is 0 Å². The van der Waals surface area contributed by atoms with Crippen LogP contribution in [-0.2, 0) is 0 Å². The first-order valence-electron chi connectivity index (χ1n) is 5.31. The molecular formula is C13H14ClNO2. The van der Waals surface area contributed by atoms with Gasteiger partial charge >= 0.3 is 0 Å². The molecule has 2 aromatic rings. The van der Waals surface area contributed by atoms with Gasteiger partial charge in [-0.05, 0) is 37.3 Å². The number of ether oxygens (including phenoxy) is 1. The van der Waals surface area contributed by atoms with E-state index in [9.17, 15) is 0 Å². The number of nitrogens with two attached hydrogens (primary N) is 1. The van der Waals surface area contributed by atoms with E-state index in [4.69, 9.17) is 26.5 Å². The summed E-state index contributed by atoms with van der Waals surface area (Å²) >= 11 is 5.96. The zero-order valence-corrected chi connectivity index (χ0v) is 10.5. The lowest BCUT2D eigenvalue weighted by atomic mass is 10.1. The number of methoxy groups -OCH3 is 1. The molecule has 0 aliphatic heterocycles. The highest BCUT2D eigenvalue weighted by Gasteiger charge is 2.10. The molecule has 0 aliphatic rings.